The summed E-state index contributed by atoms with van der Waals surface area (Å²) in [6.45, 7) is 9.59. The lowest BCUT2D eigenvalue weighted by Gasteiger charge is -2.14. The van der Waals surface area contributed by atoms with Gasteiger partial charge in [0.2, 0.25) is 0 Å². The summed E-state index contributed by atoms with van der Waals surface area (Å²) in [5.74, 6) is 0.669. The Morgan fingerprint density at radius 3 is 2.50 bits per heavy atom. The number of nitrogens with zero attached hydrogens (tertiary/aromatic N) is 1. The lowest BCUT2D eigenvalue weighted by molar-refractivity contribution is 0.499. The van der Waals surface area contributed by atoms with E-state index >= 15 is 0 Å². The van der Waals surface area contributed by atoms with E-state index in [1.165, 1.54) is 4.88 Å². The Balaban J connectivity index is 2.60. The van der Waals surface area contributed by atoms with Crippen molar-refractivity contribution in [3.63, 3.8) is 0 Å². The molecule has 0 bridgehead atoms. The summed E-state index contributed by atoms with van der Waals surface area (Å²) < 4.78 is 0. The Morgan fingerprint density at radius 2 is 2.07 bits per heavy atom. The van der Waals surface area contributed by atoms with Crippen LogP contribution in [0.3, 0.4) is 0 Å². The first kappa shape index (κ1) is 11.5. The zero-order valence-corrected chi connectivity index (χ0v) is 10.1. The number of hydrogen-bond donors (Lipinski definition) is 2. The van der Waals surface area contributed by atoms with Crippen molar-refractivity contribution in [1.82, 2.24) is 10.3 Å². The normalized spacial score (nSPS) is 13.5. The van der Waals surface area contributed by atoms with Crippen LogP contribution in [0.1, 0.15) is 37.4 Å². The largest absolute Gasteiger partial charge is 0.375 e. The lowest BCUT2D eigenvalue weighted by Crippen LogP contribution is -2.23. The number of aromatic nitrogens is 1. The zero-order valence-electron chi connectivity index (χ0n) is 9.29. The van der Waals surface area contributed by atoms with E-state index < -0.39 is 0 Å². The Hall–Kier alpha value is -0.610. The molecular formula is C10H19N3S. The second-order valence-corrected chi connectivity index (χ2v) is 5.09. The highest BCUT2D eigenvalue weighted by Crippen LogP contribution is 2.26. The van der Waals surface area contributed by atoms with E-state index in [0.29, 0.717) is 17.1 Å². The fraction of sp³-hybridized carbons (Fsp3) is 0.700. The lowest BCUT2D eigenvalue weighted by atomic mass is 10.2. The summed E-state index contributed by atoms with van der Waals surface area (Å²) in [6.07, 6.45) is 0. The fourth-order valence-electron chi connectivity index (χ4n) is 1.34. The quantitative estimate of drug-likeness (QED) is 0.807. The molecule has 4 heteroatoms. The summed E-state index contributed by atoms with van der Waals surface area (Å²) in [6, 6.07) is 0.354. The Morgan fingerprint density at radius 1 is 1.43 bits per heavy atom. The molecule has 0 aliphatic rings. The number of rotatable bonds is 4. The predicted octanol–water partition coefficient (Wildman–Crippen LogP) is 2.34. The van der Waals surface area contributed by atoms with Gasteiger partial charge in [-0.3, -0.25) is 0 Å². The van der Waals surface area contributed by atoms with Crippen molar-refractivity contribution in [3.8, 4) is 0 Å². The molecule has 0 spiro atoms. The van der Waals surface area contributed by atoms with Crippen LogP contribution in [-0.4, -0.2) is 11.5 Å². The van der Waals surface area contributed by atoms with Crippen molar-refractivity contribution >= 4 is 16.5 Å². The monoisotopic (exact) mass is 213 g/mol. The number of nitrogen functional groups attached to an aromatic ring is 1. The van der Waals surface area contributed by atoms with Gasteiger partial charge in [0.25, 0.3) is 0 Å². The molecule has 3 nitrogen and oxygen atoms in total. The number of nitrogens with two attached hydrogens (primary N) is 1. The fourth-order valence-corrected chi connectivity index (χ4v) is 2.20. The van der Waals surface area contributed by atoms with E-state index in [9.17, 15) is 0 Å². The van der Waals surface area contributed by atoms with Crippen LogP contribution >= 0.6 is 11.3 Å². The third kappa shape index (κ3) is 2.96. The molecule has 0 aliphatic carbocycles. The average molecular weight is 213 g/mol. The van der Waals surface area contributed by atoms with Gasteiger partial charge < -0.3 is 11.1 Å². The van der Waals surface area contributed by atoms with E-state index in [0.717, 1.165) is 12.2 Å². The molecule has 0 aromatic carbocycles. The van der Waals surface area contributed by atoms with Gasteiger partial charge in [-0.05, 0) is 26.3 Å². The van der Waals surface area contributed by atoms with Crippen LogP contribution in [0, 0.1) is 12.8 Å². The molecule has 1 aromatic heterocycles. The molecule has 1 aromatic rings. The van der Waals surface area contributed by atoms with Gasteiger partial charge in [-0.1, -0.05) is 13.8 Å². The summed E-state index contributed by atoms with van der Waals surface area (Å²) in [7, 11) is 0. The van der Waals surface area contributed by atoms with Crippen molar-refractivity contribution in [2.75, 3.05) is 12.3 Å². The predicted molar refractivity (Wildman–Crippen MR) is 62.5 cm³/mol. The number of thiazole rings is 1. The molecular weight excluding hydrogens is 194 g/mol. The number of anilines is 1. The minimum Gasteiger partial charge on any atom is -0.375 e. The second kappa shape index (κ2) is 4.75. The van der Waals surface area contributed by atoms with Gasteiger partial charge >= 0.3 is 0 Å². The molecule has 1 heterocycles. The average Bonchev–Trinajstić information content (AvgIpc) is 2.41. The molecule has 0 saturated heterocycles. The molecule has 0 aliphatic heterocycles. The minimum absolute atomic E-state index is 0.354. The third-order valence-corrected chi connectivity index (χ3v) is 3.24. The van der Waals surface area contributed by atoms with Gasteiger partial charge in [-0.2, -0.15) is 0 Å². The molecule has 0 radical (unpaired) electrons. The second-order valence-electron chi connectivity index (χ2n) is 4.03. The molecule has 0 fully saturated rings. The maximum absolute atomic E-state index is 5.65. The van der Waals surface area contributed by atoms with Crippen LogP contribution in [0.25, 0.3) is 0 Å². The molecule has 0 saturated carbocycles. The first-order valence-electron chi connectivity index (χ1n) is 4.97. The third-order valence-electron chi connectivity index (χ3n) is 2.07. The van der Waals surface area contributed by atoms with Crippen molar-refractivity contribution < 1.29 is 0 Å². The van der Waals surface area contributed by atoms with Gasteiger partial charge in [0.1, 0.15) is 0 Å². The Labute approximate surface area is 89.7 Å². The standard InChI is InChI=1S/C10H19N3S/c1-6(2)5-12-7(3)9-8(4)13-10(11)14-9/h6-7,12H,5H2,1-4H3,(H2,11,13). The van der Waals surface area contributed by atoms with Crippen LogP contribution in [0.4, 0.5) is 5.13 Å². The topological polar surface area (TPSA) is 50.9 Å². The van der Waals surface area contributed by atoms with Crippen LogP contribution in [0.5, 0.6) is 0 Å². The van der Waals surface area contributed by atoms with Gasteiger partial charge in [-0.15, -0.1) is 11.3 Å². The zero-order chi connectivity index (χ0) is 10.7. The van der Waals surface area contributed by atoms with Crippen LogP contribution in [-0.2, 0) is 0 Å². The minimum atomic E-state index is 0.354. The summed E-state index contributed by atoms with van der Waals surface area (Å²) in [5, 5.41) is 4.13. The SMILES string of the molecule is Cc1nc(N)sc1C(C)NCC(C)C. The molecule has 0 amide bonds. The molecule has 1 unspecified atom stereocenters. The molecule has 3 N–H and O–H groups in total. The first-order chi connectivity index (χ1) is 6.50. The van der Waals surface area contributed by atoms with Crippen LogP contribution in [0.15, 0.2) is 0 Å². The van der Waals surface area contributed by atoms with E-state index in [2.05, 4.69) is 31.1 Å². The first-order valence-corrected chi connectivity index (χ1v) is 5.78. The van der Waals surface area contributed by atoms with Crippen molar-refractivity contribution in [1.29, 1.82) is 0 Å². The van der Waals surface area contributed by atoms with Gasteiger partial charge in [0.05, 0.1) is 5.69 Å². The van der Waals surface area contributed by atoms with Crippen molar-refractivity contribution in [3.05, 3.63) is 10.6 Å². The summed E-state index contributed by atoms with van der Waals surface area (Å²) in [5.41, 5.74) is 6.70. The number of hydrogen-bond acceptors (Lipinski definition) is 4. The van der Waals surface area contributed by atoms with Crippen molar-refractivity contribution in [2.24, 2.45) is 5.92 Å². The van der Waals surface area contributed by atoms with E-state index in [1.54, 1.807) is 11.3 Å². The smallest absolute Gasteiger partial charge is 0.180 e. The van der Waals surface area contributed by atoms with Crippen molar-refractivity contribution in [2.45, 2.75) is 33.7 Å². The van der Waals surface area contributed by atoms with E-state index in [1.807, 2.05) is 6.92 Å². The number of nitrogens with one attached hydrogen (secondary N) is 1. The summed E-state index contributed by atoms with van der Waals surface area (Å²) in [4.78, 5) is 5.47. The molecule has 1 atom stereocenters. The molecule has 14 heavy (non-hydrogen) atoms. The van der Waals surface area contributed by atoms with E-state index in [-0.39, 0.29) is 0 Å². The van der Waals surface area contributed by atoms with Crippen LogP contribution < -0.4 is 11.1 Å². The molecule has 1 rings (SSSR count). The van der Waals surface area contributed by atoms with E-state index in [4.69, 9.17) is 5.73 Å². The highest BCUT2D eigenvalue weighted by molar-refractivity contribution is 7.15. The Bertz CT molecular complexity index is 294. The van der Waals surface area contributed by atoms with Gasteiger partial charge in [0, 0.05) is 10.9 Å². The highest BCUT2D eigenvalue weighted by atomic mass is 32.1. The molecule has 80 valence electrons. The maximum atomic E-state index is 5.65. The number of aryl methyl sites for hydroxylation is 1. The van der Waals surface area contributed by atoms with Gasteiger partial charge in [0.15, 0.2) is 5.13 Å². The summed E-state index contributed by atoms with van der Waals surface area (Å²) >= 11 is 1.58. The maximum Gasteiger partial charge on any atom is 0.180 e. The van der Waals surface area contributed by atoms with Gasteiger partial charge in [-0.25, -0.2) is 4.98 Å². The highest BCUT2D eigenvalue weighted by Gasteiger charge is 2.12. The van der Waals surface area contributed by atoms with Crippen LogP contribution in [0.2, 0.25) is 0 Å². The Kier molecular flexibility index (Phi) is 3.89.